The van der Waals surface area contributed by atoms with Crippen LogP contribution in [0.2, 0.25) is 5.15 Å². The van der Waals surface area contributed by atoms with Crippen LogP contribution in [-0.4, -0.2) is 34.4 Å². The van der Waals surface area contributed by atoms with E-state index in [1.807, 2.05) is 27.7 Å². The summed E-state index contributed by atoms with van der Waals surface area (Å²) in [5.74, 6) is -2.64. The SMILES string of the molecule is CC1(C)OB(C(CC(=O)O)c2ccnc(Cl)c2F)OC1(C)C. The number of hydrogen-bond donors (Lipinski definition) is 1. The minimum atomic E-state index is -1.08. The smallest absolute Gasteiger partial charge is 0.466 e. The van der Waals surface area contributed by atoms with Gasteiger partial charge in [0.1, 0.15) is 0 Å². The maximum absolute atomic E-state index is 14.2. The van der Waals surface area contributed by atoms with Crippen LogP contribution >= 0.6 is 11.6 Å². The fraction of sp³-hybridized carbons (Fsp3) is 0.571. The Bertz CT molecular complexity index is 580. The Morgan fingerprint density at radius 1 is 1.41 bits per heavy atom. The first kappa shape index (κ1) is 17.2. The molecule has 1 saturated heterocycles. The van der Waals surface area contributed by atoms with Gasteiger partial charge in [0.05, 0.1) is 17.6 Å². The maximum atomic E-state index is 14.2. The van der Waals surface area contributed by atoms with E-state index in [-0.39, 0.29) is 17.1 Å². The summed E-state index contributed by atoms with van der Waals surface area (Å²) in [7, 11) is -0.880. The molecule has 1 aliphatic rings. The molecule has 22 heavy (non-hydrogen) atoms. The highest BCUT2D eigenvalue weighted by Crippen LogP contribution is 2.42. The average Bonchev–Trinajstić information content (AvgIpc) is 2.59. The predicted molar refractivity (Wildman–Crippen MR) is 80.3 cm³/mol. The zero-order valence-electron chi connectivity index (χ0n) is 12.9. The molecule has 0 saturated carbocycles. The lowest BCUT2D eigenvalue weighted by Crippen LogP contribution is -2.41. The molecule has 2 rings (SSSR count). The van der Waals surface area contributed by atoms with Gasteiger partial charge in [-0.05, 0) is 39.3 Å². The third-order valence-corrected chi connectivity index (χ3v) is 4.53. The van der Waals surface area contributed by atoms with Crippen molar-refractivity contribution < 1.29 is 23.6 Å². The number of halogens is 2. The second-order valence-electron chi connectivity index (χ2n) is 6.33. The van der Waals surface area contributed by atoms with Gasteiger partial charge in [-0.3, -0.25) is 4.79 Å². The number of pyridine rings is 1. The van der Waals surface area contributed by atoms with Crippen molar-refractivity contribution in [2.45, 2.75) is 51.1 Å². The third kappa shape index (κ3) is 3.11. The van der Waals surface area contributed by atoms with E-state index in [1.165, 1.54) is 12.3 Å². The monoisotopic (exact) mass is 329 g/mol. The highest BCUT2D eigenvalue weighted by atomic mass is 35.5. The van der Waals surface area contributed by atoms with Gasteiger partial charge >= 0.3 is 13.1 Å². The number of hydrogen-bond acceptors (Lipinski definition) is 4. The van der Waals surface area contributed by atoms with Crippen molar-refractivity contribution in [3.8, 4) is 0 Å². The quantitative estimate of drug-likeness (QED) is 0.679. The molecule has 5 nitrogen and oxygen atoms in total. The van der Waals surface area contributed by atoms with Crippen LogP contribution in [0.3, 0.4) is 0 Å². The van der Waals surface area contributed by atoms with Crippen LogP contribution in [0, 0.1) is 5.82 Å². The summed E-state index contributed by atoms with van der Waals surface area (Å²) in [5.41, 5.74) is -1.15. The average molecular weight is 330 g/mol. The van der Waals surface area contributed by atoms with Gasteiger partial charge in [-0.15, -0.1) is 0 Å². The zero-order valence-corrected chi connectivity index (χ0v) is 13.6. The molecule has 2 heterocycles. The number of nitrogens with zero attached hydrogens (tertiary/aromatic N) is 1. The Balaban J connectivity index is 2.40. The van der Waals surface area contributed by atoms with Crippen molar-refractivity contribution in [1.29, 1.82) is 0 Å². The lowest BCUT2D eigenvalue weighted by atomic mass is 9.66. The van der Waals surface area contributed by atoms with E-state index in [4.69, 9.17) is 26.0 Å². The van der Waals surface area contributed by atoms with E-state index in [0.29, 0.717) is 0 Å². The van der Waals surface area contributed by atoms with E-state index in [1.54, 1.807) is 0 Å². The maximum Gasteiger partial charge on any atom is 0.466 e. The van der Waals surface area contributed by atoms with Gasteiger partial charge in [-0.2, -0.15) is 0 Å². The van der Waals surface area contributed by atoms with Gasteiger partial charge in [-0.25, -0.2) is 9.37 Å². The standard InChI is InChI=1S/C14H18BClFNO4/c1-13(2)14(3,4)22-15(21-13)9(7-10(19)20)8-5-6-18-12(16)11(8)17/h5-6,9H,7H2,1-4H3,(H,19,20). The van der Waals surface area contributed by atoms with E-state index in [2.05, 4.69) is 4.98 Å². The summed E-state index contributed by atoms with van der Waals surface area (Å²) < 4.78 is 26.0. The normalized spacial score (nSPS) is 20.9. The molecular weight excluding hydrogens is 311 g/mol. The molecule has 120 valence electrons. The molecule has 1 aliphatic heterocycles. The molecule has 0 bridgehead atoms. The van der Waals surface area contributed by atoms with Crippen molar-refractivity contribution in [1.82, 2.24) is 4.98 Å². The lowest BCUT2D eigenvalue weighted by molar-refractivity contribution is -0.137. The van der Waals surface area contributed by atoms with E-state index >= 15 is 0 Å². The highest BCUT2D eigenvalue weighted by Gasteiger charge is 2.54. The Labute approximate surface area is 133 Å². The fourth-order valence-corrected chi connectivity index (χ4v) is 2.48. The highest BCUT2D eigenvalue weighted by molar-refractivity contribution is 6.48. The van der Waals surface area contributed by atoms with Crippen LogP contribution in [0.1, 0.15) is 45.5 Å². The Morgan fingerprint density at radius 3 is 2.45 bits per heavy atom. The summed E-state index contributed by atoms with van der Waals surface area (Å²) in [4.78, 5) is 14.8. The molecule has 0 aliphatic carbocycles. The summed E-state index contributed by atoms with van der Waals surface area (Å²) in [5, 5.41) is 8.84. The molecule has 1 aromatic heterocycles. The minimum absolute atomic E-state index is 0.126. The summed E-state index contributed by atoms with van der Waals surface area (Å²) in [6.07, 6.45) is 0.995. The van der Waals surface area contributed by atoms with Crippen LogP contribution in [0.5, 0.6) is 0 Å². The van der Waals surface area contributed by atoms with E-state index in [9.17, 15) is 9.18 Å². The topological polar surface area (TPSA) is 68.7 Å². The van der Waals surface area contributed by atoms with Gasteiger partial charge in [0, 0.05) is 12.0 Å². The number of carboxylic acid groups (broad SMARTS) is 1. The zero-order chi connectivity index (χ0) is 16.7. The second-order valence-corrected chi connectivity index (χ2v) is 6.69. The van der Waals surface area contributed by atoms with Crippen LogP contribution in [0.4, 0.5) is 4.39 Å². The molecule has 0 amide bonds. The number of carboxylic acids is 1. The summed E-state index contributed by atoms with van der Waals surface area (Å²) >= 11 is 5.70. The summed E-state index contributed by atoms with van der Waals surface area (Å²) in [6, 6.07) is 1.40. The summed E-state index contributed by atoms with van der Waals surface area (Å²) in [6.45, 7) is 7.39. The van der Waals surface area contributed by atoms with Gasteiger partial charge < -0.3 is 14.4 Å². The van der Waals surface area contributed by atoms with Crippen LogP contribution in [0.15, 0.2) is 12.3 Å². The van der Waals surface area contributed by atoms with Crippen molar-refractivity contribution in [3.05, 3.63) is 28.8 Å². The Hall–Kier alpha value is -1.18. The minimum Gasteiger partial charge on any atom is -0.481 e. The number of rotatable bonds is 4. The molecule has 1 fully saturated rings. The van der Waals surface area contributed by atoms with Crippen LogP contribution in [-0.2, 0) is 14.1 Å². The first-order chi connectivity index (χ1) is 10.0. The van der Waals surface area contributed by atoms with Gasteiger partial charge in [0.25, 0.3) is 0 Å². The first-order valence-corrected chi connectivity index (χ1v) is 7.30. The van der Waals surface area contributed by atoms with Crippen molar-refractivity contribution in [2.24, 2.45) is 0 Å². The van der Waals surface area contributed by atoms with Gasteiger partial charge in [-0.1, -0.05) is 11.6 Å². The third-order valence-electron chi connectivity index (χ3n) is 4.27. The largest absolute Gasteiger partial charge is 0.481 e. The van der Waals surface area contributed by atoms with E-state index < -0.39 is 35.9 Å². The number of aromatic nitrogens is 1. The number of carbonyl (C=O) groups is 1. The first-order valence-electron chi connectivity index (χ1n) is 6.92. The van der Waals surface area contributed by atoms with Gasteiger partial charge in [0.2, 0.25) is 0 Å². The Kier molecular flexibility index (Phi) is 4.52. The predicted octanol–water partition coefficient (Wildman–Crippen LogP) is 3.06. The molecule has 0 radical (unpaired) electrons. The van der Waals surface area contributed by atoms with Gasteiger partial charge in [0.15, 0.2) is 11.0 Å². The van der Waals surface area contributed by atoms with Crippen molar-refractivity contribution in [2.75, 3.05) is 0 Å². The molecule has 1 aromatic rings. The van der Waals surface area contributed by atoms with Crippen LogP contribution < -0.4 is 0 Å². The second kappa shape index (κ2) is 5.79. The molecule has 0 spiro atoms. The fourth-order valence-electron chi connectivity index (χ4n) is 2.31. The Morgan fingerprint density at radius 2 is 1.95 bits per heavy atom. The molecular formula is C14H18BClFNO4. The number of aliphatic carboxylic acids is 1. The molecule has 0 aromatic carbocycles. The van der Waals surface area contributed by atoms with Crippen molar-refractivity contribution in [3.63, 3.8) is 0 Å². The molecule has 8 heteroatoms. The van der Waals surface area contributed by atoms with Crippen molar-refractivity contribution >= 4 is 24.7 Å². The van der Waals surface area contributed by atoms with Crippen LogP contribution in [0.25, 0.3) is 0 Å². The molecule has 1 N–H and O–H groups in total. The van der Waals surface area contributed by atoms with E-state index in [0.717, 1.165) is 0 Å². The molecule has 1 atom stereocenters. The molecule has 1 unspecified atom stereocenters. The lowest BCUT2D eigenvalue weighted by Gasteiger charge is -2.32.